The van der Waals surface area contributed by atoms with Gasteiger partial charge in [0, 0.05) is 52.0 Å². The highest BCUT2D eigenvalue weighted by Crippen LogP contribution is 2.19. The SMILES string of the molecule is COC1CCN(c2nccc(Cc3cc4c(cn3)n(C(=O)NCCN3CCCC3)c[n+]4C(C)C)n2)CC1. The molecule has 1 N–H and O–H groups in total. The molecule has 5 rings (SSSR count). The molecule has 2 saturated heterocycles. The van der Waals surface area contributed by atoms with Gasteiger partial charge in [0.05, 0.1) is 29.7 Å². The third-order valence-electron chi connectivity index (χ3n) is 7.50. The average molecular weight is 508 g/mol. The molecule has 2 aliphatic rings. The van der Waals surface area contributed by atoms with Crippen molar-refractivity contribution in [3.8, 4) is 0 Å². The van der Waals surface area contributed by atoms with Crippen LogP contribution in [0.25, 0.3) is 11.0 Å². The van der Waals surface area contributed by atoms with E-state index in [4.69, 9.17) is 14.7 Å². The van der Waals surface area contributed by atoms with E-state index >= 15 is 0 Å². The first-order valence-electron chi connectivity index (χ1n) is 13.5. The Hall–Kier alpha value is -3.11. The van der Waals surface area contributed by atoms with Crippen molar-refractivity contribution in [2.75, 3.05) is 51.3 Å². The van der Waals surface area contributed by atoms with E-state index in [9.17, 15) is 4.79 Å². The van der Waals surface area contributed by atoms with Gasteiger partial charge in [-0.25, -0.2) is 19.3 Å². The van der Waals surface area contributed by atoms with Crippen molar-refractivity contribution in [3.63, 3.8) is 0 Å². The maximum Gasteiger partial charge on any atom is 0.413 e. The summed E-state index contributed by atoms with van der Waals surface area (Å²) < 4.78 is 9.30. The lowest BCUT2D eigenvalue weighted by Crippen LogP contribution is -2.38. The zero-order valence-corrected chi connectivity index (χ0v) is 22.3. The number of likely N-dealkylation sites (tertiary alicyclic amines) is 1. The lowest BCUT2D eigenvalue weighted by Gasteiger charge is -2.31. The molecule has 10 heteroatoms. The minimum Gasteiger partial charge on any atom is -0.381 e. The highest BCUT2D eigenvalue weighted by molar-refractivity contribution is 5.87. The van der Waals surface area contributed by atoms with E-state index in [1.54, 1.807) is 17.9 Å². The minimum atomic E-state index is -0.115. The summed E-state index contributed by atoms with van der Waals surface area (Å²) in [7, 11) is 1.78. The van der Waals surface area contributed by atoms with Crippen LogP contribution in [0.3, 0.4) is 0 Å². The van der Waals surface area contributed by atoms with E-state index in [1.807, 2.05) is 18.6 Å². The van der Waals surface area contributed by atoms with Gasteiger partial charge in [0.25, 0.3) is 6.33 Å². The standard InChI is InChI=1S/C27H38N8O2/c1-20(2)34-19-35(27(36)29-10-15-32-11-4-5-12-32)25-18-30-22(17-24(25)34)16-21-6-9-28-26(31-21)33-13-7-23(37-3)8-14-33/h6,9,17-20,23H,4-5,7-8,10-16H2,1-3H3/p+1. The van der Waals surface area contributed by atoms with Gasteiger partial charge in [0.1, 0.15) is 0 Å². The lowest BCUT2D eigenvalue weighted by molar-refractivity contribution is -0.691. The molecule has 2 aliphatic heterocycles. The summed E-state index contributed by atoms with van der Waals surface area (Å²) in [6.07, 6.45) is 10.9. The van der Waals surface area contributed by atoms with Gasteiger partial charge in [-0.15, -0.1) is 4.57 Å². The highest BCUT2D eigenvalue weighted by atomic mass is 16.5. The van der Waals surface area contributed by atoms with Gasteiger partial charge in [0.2, 0.25) is 11.5 Å². The number of imidazole rings is 1. The molecule has 0 bridgehead atoms. The summed E-state index contributed by atoms with van der Waals surface area (Å²) in [6.45, 7) is 9.83. The Morgan fingerprint density at radius 2 is 1.95 bits per heavy atom. The van der Waals surface area contributed by atoms with Crippen LogP contribution >= 0.6 is 0 Å². The Morgan fingerprint density at radius 3 is 2.68 bits per heavy atom. The highest BCUT2D eigenvalue weighted by Gasteiger charge is 2.25. The Balaban J connectivity index is 1.31. The van der Waals surface area contributed by atoms with E-state index in [0.29, 0.717) is 19.1 Å². The lowest BCUT2D eigenvalue weighted by atomic mass is 10.1. The number of hydrogen-bond acceptors (Lipinski definition) is 7. The maximum absolute atomic E-state index is 13.0. The van der Waals surface area contributed by atoms with Gasteiger partial charge in [-0.05, 0) is 58.7 Å². The number of carbonyl (C=O) groups is 1. The number of ether oxygens (including phenoxy) is 1. The molecule has 37 heavy (non-hydrogen) atoms. The number of carbonyl (C=O) groups excluding carboxylic acids is 1. The van der Waals surface area contributed by atoms with E-state index in [-0.39, 0.29) is 12.1 Å². The smallest absolute Gasteiger partial charge is 0.381 e. The molecule has 0 radical (unpaired) electrons. The number of aromatic nitrogens is 5. The van der Waals surface area contributed by atoms with Gasteiger partial charge in [-0.3, -0.25) is 4.98 Å². The van der Waals surface area contributed by atoms with Crippen LogP contribution in [0.5, 0.6) is 0 Å². The van der Waals surface area contributed by atoms with Crippen LogP contribution in [0.4, 0.5) is 10.7 Å². The molecule has 198 valence electrons. The van der Waals surface area contributed by atoms with Gasteiger partial charge in [-0.2, -0.15) is 0 Å². The molecule has 10 nitrogen and oxygen atoms in total. The molecule has 0 aromatic carbocycles. The van der Waals surface area contributed by atoms with Crippen LogP contribution in [0.2, 0.25) is 0 Å². The Kier molecular flexibility index (Phi) is 7.95. The van der Waals surface area contributed by atoms with E-state index in [0.717, 1.165) is 73.9 Å². The molecule has 2 fully saturated rings. The van der Waals surface area contributed by atoms with Crippen molar-refractivity contribution in [1.82, 2.24) is 29.7 Å². The number of amides is 1. The van der Waals surface area contributed by atoms with Gasteiger partial charge >= 0.3 is 6.03 Å². The zero-order valence-electron chi connectivity index (χ0n) is 22.3. The van der Waals surface area contributed by atoms with E-state index < -0.39 is 0 Å². The topological polar surface area (TPSA) is 92.3 Å². The van der Waals surface area contributed by atoms with Crippen LogP contribution in [0, 0.1) is 0 Å². The molecular formula is C27H39N8O2+. The number of methoxy groups -OCH3 is 1. The summed E-state index contributed by atoms with van der Waals surface area (Å²) in [4.78, 5) is 31.7. The number of piperidine rings is 1. The van der Waals surface area contributed by atoms with Gasteiger partial charge in [0.15, 0.2) is 5.52 Å². The molecule has 5 heterocycles. The number of rotatable bonds is 8. The molecule has 3 aromatic rings. The fraction of sp³-hybridized carbons (Fsp3) is 0.593. The van der Waals surface area contributed by atoms with Crippen molar-refractivity contribution in [2.45, 2.75) is 58.1 Å². The molecule has 0 spiro atoms. The third-order valence-corrected chi connectivity index (χ3v) is 7.50. The number of nitrogens with zero attached hydrogens (tertiary/aromatic N) is 7. The largest absolute Gasteiger partial charge is 0.413 e. The van der Waals surface area contributed by atoms with Gasteiger partial charge < -0.3 is 19.9 Å². The first-order valence-corrected chi connectivity index (χ1v) is 13.5. The number of fused-ring (bicyclic) bond motifs is 1. The summed E-state index contributed by atoms with van der Waals surface area (Å²) >= 11 is 0. The molecule has 0 aliphatic carbocycles. The van der Waals surface area contributed by atoms with Crippen molar-refractivity contribution < 1.29 is 14.1 Å². The monoisotopic (exact) mass is 507 g/mol. The normalized spacial score (nSPS) is 17.2. The molecule has 0 unspecified atom stereocenters. The summed E-state index contributed by atoms with van der Waals surface area (Å²) in [5.41, 5.74) is 3.64. The number of pyridine rings is 1. The van der Waals surface area contributed by atoms with Crippen LogP contribution < -0.4 is 14.8 Å². The summed E-state index contributed by atoms with van der Waals surface area (Å²) in [5, 5.41) is 3.08. The van der Waals surface area contributed by atoms with Crippen LogP contribution in [-0.2, 0) is 11.2 Å². The maximum atomic E-state index is 13.0. The number of hydrogen-bond donors (Lipinski definition) is 1. The Labute approximate surface area is 218 Å². The predicted octanol–water partition coefficient (Wildman–Crippen LogP) is 2.55. The first-order chi connectivity index (χ1) is 18.0. The molecule has 0 atom stereocenters. The average Bonchev–Trinajstić information content (AvgIpc) is 3.57. The van der Waals surface area contributed by atoms with Gasteiger partial charge in [-0.1, -0.05) is 0 Å². The van der Waals surface area contributed by atoms with Crippen LogP contribution in [0.15, 0.2) is 30.9 Å². The second-order valence-electron chi connectivity index (χ2n) is 10.4. The molecule has 1 amide bonds. The summed E-state index contributed by atoms with van der Waals surface area (Å²) in [5.74, 6) is 0.766. The number of anilines is 1. The number of nitrogens with one attached hydrogen (secondary N) is 1. The van der Waals surface area contributed by atoms with E-state index in [2.05, 4.69) is 44.6 Å². The minimum absolute atomic E-state index is 0.115. The van der Waals surface area contributed by atoms with Crippen molar-refractivity contribution in [2.24, 2.45) is 0 Å². The van der Waals surface area contributed by atoms with Crippen molar-refractivity contribution >= 4 is 23.0 Å². The van der Waals surface area contributed by atoms with E-state index in [1.165, 1.54) is 12.8 Å². The fourth-order valence-electron chi connectivity index (χ4n) is 5.32. The zero-order chi connectivity index (χ0) is 25.8. The molecule has 0 saturated carbocycles. The Morgan fingerprint density at radius 1 is 1.16 bits per heavy atom. The third kappa shape index (κ3) is 5.91. The summed E-state index contributed by atoms with van der Waals surface area (Å²) in [6, 6.07) is 4.12. The second kappa shape index (κ2) is 11.5. The molecule has 3 aromatic heterocycles. The Bertz CT molecular complexity index is 1210. The predicted molar refractivity (Wildman–Crippen MR) is 142 cm³/mol. The first kappa shape index (κ1) is 25.5. The van der Waals surface area contributed by atoms with Crippen molar-refractivity contribution in [3.05, 3.63) is 42.2 Å². The van der Waals surface area contributed by atoms with Crippen molar-refractivity contribution in [1.29, 1.82) is 0 Å². The second-order valence-corrected chi connectivity index (χ2v) is 10.4. The van der Waals surface area contributed by atoms with Crippen LogP contribution in [-0.4, -0.2) is 82.9 Å². The fourth-order valence-corrected chi connectivity index (χ4v) is 5.32. The quantitative estimate of drug-likeness (QED) is 0.469. The molecular weight excluding hydrogens is 468 g/mol. The van der Waals surface area contributed by atoms with Crippen LogP contribution in [0.1, 0.15) is 57.0 Å².